The van der Waals surface area contributed by atoms with Gasteiger partial charge in [0.25, 0.3) is 0 Å². The van der Waals surface area contributed by atoms with E-state index in [9.17, 15) is 4.39 Å². The number of halogens is 2. The molecule has 0 radical (unpaired) electrons. The molecule has 2 nitrogen and oxygen atoms in total. The topological polar surface area (TPSA) is 25.8 Å². The van der Waals surface area contributed by atoms with Gasteiger partial charge in [-0.2, -0.15) is 0 Å². The second kappa shape index (κ2) is 3.84. The SMILES string of the molecule is Fc1ccc(Br)cc1-c1cnccn1. The van der Waals surface area contributed by atoms with E-state index in [2.05, 4.69) is 25.9 Å². The van der Waals surface area contributed by atoms with Crippen molar-refractivity contribution in [3.05, 3.63) is 47.1 Å². The molecule has 0 aliphatic rings. The molecule has 0 unspecified atom stereocenters. The fraction of sp³-hybridized carbons (Fsp3) is 0. The molecule has 2 aromatic rings. The van der Waals surface area contributed by atoms with Gasteiger partial charge in [0.1, 0.15) is 5.82 Å². The summed E-state index contributed by atoms with van der Waals surface area (Å²) in [5.74, 6) is -0.297. The lowest BCUT2D eigenvalue weighted by Crippen LogP contribution is -1.88. The number of hydrogen-bond acceptors (Lipinski definition) is 2. The van der Waals surface area contributed by atoms with Crippen molar-refractivity contribution in [1.29, 1.82) is 0 Å². The quantitative estimate of drug-likeness (QED) is 0.780. The summed E-state index contributed by atoms with van der Waals surface area (Å²) in [6, 6.07) is 4.72. The third kappa shape index (κ3) is 1.80. The molecule has 70 valence electrons. The van der Waals surface area contributed by atoms with Gasteiger partial charge in [0, 0.05) is 22.4 Å². The Kier molecular flexibility index (Phi) is 2.54. The Labute approximate surface area is 89.0 Å². The smallest absolute Gasteiger partial charge is 0.132 e. The molecule has 1 aromatic heterocycles. The lowest BCUT2D eigenvalue weighted by atomic mass is 10.1. The lowest BCUT2D eigenvalue weighted by molar-refractivity contribution is 0.630. The molecule has 0 spiro atoms. The predicted molar refractivity (Wildman–Crippen MR) is 55.1 cm³/mol. The number of nitrogens with zero attached hydrogens (tertiary/aromatic N) is 2. The molecule has 0 amide bonds. The molecule has 0 aliphatic carbocycles. The van der Waals surface area contributed by atoms with Gasteiger partial charge in [0.15, 0.2) is 0 Å². The summed E-state index contributed by atoms with van der Waals surface area (Å²) in [5, 5.41) is 0. The molecular formula is C10H6BrFN2. The van der Waals surface area contributed by atoms with Crippen LogP contribution in [0.15, 0.2) is 41.3 Å². The Hall–Kier alpha value is -1.29. The zero-order valence-electron chi connectivity index (χ0n) is 7.11. The summed E-state index contributed by atoms with van der Waals surface area (Å²) in [4.78, 5) is 7.91. The predicted octanol–water partition coefficient (Wildman–Crippen LogP) is 3.05. The molecular weight excluding hydrogens is 247 g/mol. The van der Waals surface area contributed by atoms with Crippen LogP contribution in [-0.4, -0.2) is 9.97 Å². The molecule has 0 N–H and O–H groups in total. The van der Waals surface area contributed by atoms with E-state index in [1.165, 1.54) is 18.5 Å². The van der Waals surface area contributed by atoms with E-state index in [0.717, 1.165) is 4.47 Å². The van der Waals surface area contributed by atoms with Crippen LogP contribution in [0.2, 0.25) is 0 Å². The Morgan fingerprint density at radius 1 is 1.21 bits per heavy atom. The van der Waals surface area contributed by atoms with Crippen LogP contribution in [0.3, 0.4) is 0 Å². The van der Waals surface area contributed by atoms with Crippen molar-refractivity contribution >= 4 is 15.9 Å². The maximum Gasteiger partial charge on any atom is 0.132 e. The van der Waals surface area contributed by atoms with E-state index in [-0.39, 0.29) is 5.82 Å². The summed E-state index contributed by atoms with van der Waals surface area (Å²) in [7, 11) is 0. The van der Waals surface area contributed by atoms with Gasteiger partial charge >= 0.3 is 0 Å². The van der Waals surface area contributed by atoms with Crippen LogP contribution < -0.4 is 0 Å². The first-order valence-electron chi connectivity index (χ1n) is 3.99. The van der Waals surface area contributed by atoms with Gasteiger partial charge in [-0.1, -0.05) is 15.9 Å². The van der Waals surface area contributed by atoms with Crippen molar-refractivity contribution < 1.29 is 4.39 Å². The van der Waals surface area contributed by atoms with E-state index < -0.39 is 0 Å². The maximum absolute atomic E-state index is 13.4. The molecule has 0 bridgehead atoms. The third-order valence-electron chi connectivity index (χ3n) is 1.77. The highest BCUT2D eigenvalue weighted by Gasteiger charge is 2.06. The van der Waals surface area contributed by atoms with Crippen LogP contribution in [0.5, 0.6) is 0 Å². The Balaban J connectivity index is 2.57. The van der Waals surface area contributed by atoms with Crippen LogP contribution in [0, 0.1) is 5.82 Å². The molecule has 0 aliphatic heterocycles. The molecule has 0 fully saturated rings. The van der Waals surface area contributed by atoms with Crippen molar-refractivity contribution in [2.45, 2.75) is 0 Å². The number of benzene rings is 1. The van der Waals surface area contributed by atoms with Crippen molar-refractivity contribution in [2.75, 3.05) is 0 Å². The van der Waals surface area contributed by atoms with Crippen LogP contribution >= 0.6 is 15.9 Å². The molecule has 1 aromatic carbocycles. The van der Waals surface area contributed by atoms with Gasteiger partial charge in [0.05, 0.1) is 11.9 Å². The first-order chi connectivity index (χ1) is 6.77. The highest BCUT2D eigenvalue weighted by molar-refractivity contribution is 9.10. The van der Waals surface area contributed by atoms with Crippen molar-refractivity contribution in [3.63, 3.8) is 0 Å². The monoisotopic (exact) mass is 252 g/mol. The van der Waals surface area contributed by atoms with E-state index >= 15 is 0 Å². The van der Waals surface area contributed by atoms with Gasteiger partial charge in [-0.15, -0.1) is 0 Å². The largest absolute Gasteiger partial charge is 0.261 e. The van der Waals surface area contributed by atoms with Gasteiger partial charge in [-0.3, -0.25) is 9.97 Å². The third-order valence-corrected chi connectivity index (χ3v) is 2.26. The zero-order valence-corrected chi connectivity index (χ0v) is 8.70. The lowest BCUT2D eigenvalue weighted by Gasteiger charge is -2.01. The zero-order chi connectivity index (χ0) is 9.97. The fourth-order valence-corrected chi connectivity index (χ4v) is 1.49. The maximum atomic E-state index is 13.4. The van der Waals surface area contributed by atoms with Crippen LogP contribution in [0.1, 0.15) is 0 Å². The van der Waals surface area contributed by atoms with E-state index in [1.807, 2.05) is 0 Å². The molecule has 0 saturated heterocycles. The fourth-order valence-electron chi connectivity index (χ4n) is 1.13. The van der Waals surface area contributed by atoms with Crippen LogP contribution in [-0.2, 0) is 0 Å². The highest BCUT2D eigenvalue weighted by Crippen LogP contribution is 2.23. The Morgan fingerprint density at radius 3 is 2.79 bits per heavy atom. The van der Waals surface area contributed by atoms with Gasteiger partial charge in [0.2, 0.25) is 0 Å². The normalized spacial score (nSPS) is 10.1. The molecule has 14 heavy (non-hydrogen) atoms. The summed E-state index contributed by atoms with van der Waals surface area (Å²) in [5.41, 5.74) is 0.985. The number of hydrogen-bond donors (Lipinski definition) is 0. The van der Waals surface area contributed by atoms with Crippen LogP contribution in [0.25, 0.3) is 11.3 Å². The second-order valence-electron chi connectivity index (χ2n) is 2.71. The van der Waals surface area contributed by atoms with Gasteiger partial charge < -0.3 is 0 Å². The molecule has 0 saturated carbocycles. The number of rotatable bonds is 1. The second-order valence-corrected chi connectivity index (χ2v) is 3.63. The molecule has 2 rings (SSSR count). The van der Waals surface area contributed by atoms with E-state index in [4.69, 9.17) is 0 Å². The summed E-state index contributed by atoms with van der Waals surface area (Å²) in [6.07, 6.45) is 4.62. The molecule has 1 heterocycles. The van der Waals surface area contributed by atoms with E-state index in [0.29, 0.717) is 11.3 Å². The average molecular weight is 253 g/mol. The minimum absolute atomic E-state index is 0.297. The van der Waals surface area contributed by atoms with Crippen molar-refractivity contribution in [2.24, 2.45) is 0 Å². The molecule has 4 heteroatoms. The minimum Gasteiger partial charge on any atom is -0.261 e. The number of aromatic nitrogens is 2. The Bertz CT molecular complexity index is 445. The Morgan fingerprint density at radius 2 is 2.07 bits per heavy atom. The summed E-state index contributed by atoms with van der Waals surface area (Å²) in [6.45, 7) is 0. The van der Waals surface area contributed by atoms with Gasteiger partial charge in [-0.25, -0.2) is 4.39 Å². The average Bonchev–Trinajstić information content (AvgIpc) is 2.23. The highest BCUT2D eigenvalue weighted by atomic mass is 79.9. The van der Waals surface area contributed by atoms with Crippen LogP contribution in [0.4, 0.5) is 4.39 Å². The van der Waals surface area contributed by atoms with Gasteiger partial charge in [-0.05, 0) is 18.2 Å². The first kappa shape index (κ1) is 9.27. The van der Waals surface area contributed by atoms with Crippen molar-refractivity contribution in [3.8, 4) is 11.3 Å². The minimum atomic E-state index is -0.297. The summed E-state index contributed by atoms with van der Waals surface area (Å²) < 4.78 is 14.2. The molecule has 0 atom stereocenters. The standard InChI is InChI=1S/C10H6BrFN2/c11-7-1-2-9(12)8(5-7)10-6-13-3-4-14-10/h1-6H. The summed E-state index contributed by atoms with van der Waals surface area (Å²) >= 11 is 3.28. The van der Waals surface area contributed by atoms with E-state index in [1.54, 1.807) is 18.3 Å². The van der Waals surface area contributed by atoms with Crippen molar-refractivity contribution in [1.82, 2.24) is 9.97 Å². The first-order valence-corrected chi connectivity index (χ1v) is 4.78.